The van der Waals surface area contributed by atoms with Gasteiger partial charge in [-0.3, -0.25) is 4.72 Å². The summed E-state index contributed by atoms with van der Waals surface area (Å²) in [5, 5.41) is 9.51. The Morgan fingerprint density at radius 2 is 1.94 bits per heavy atom. The lowest BCUT2D eigenvalue weighted by Gasteiger charge is -2.18. The van der Waals surface area contributed by atoms with E-state index in [-0.39, 0.29) is 5.75 Å². The van der Waals surface area contributed by atoms with Gasteiger partial charge in [0, 0.05) is 18.7 Å². The molecule has 1 aliphatic heterocycles. The molecule has 2 N–H and O–H groups in total. The monoisotopic (exact) mass is 256 g/mol. The maximum Gasteiger partial charge on any atom is 0.301 e. The Bertz CT molecular complexity index is 507. The van der Waals surface area contributed by atoms with E-state index in [1.165, 1.54) is 10.4 Å². The molecule has 1 fully saturated rings. The van der Waals surface area contributed by atoms with Gasteiger partial charge in [0.25, 0.3) is 0 Å². The van der Waals surface area contributed by atoms with Crippen molar-refractivity contribution in [2.75, 3.05) is 17.8 Å². The summed E-state index contributed by atoms with van der Waals surface area (Å²) < 4.78 is 27.9. The fourth-order valence-electron chi connectivity index (χ4n) is 1.87. The molecule has 1 heterocycles. The zero-order valence-corrected chi connectivity index (χ0v) is 10.5. The highest BCUT2D eigenvalue weighted by Gasteiger charge is 2.25. The van der Waals surface area contributed by atoms with E-state index in [1.54, 1.807) is 19.1 Å². The molecule has 0 atom stereocenters. The highest BCUT2D eigenvalue weighted by atomic mass is 32.2. The molecule has 6 heteroatoms. The lowest BCUT2D eigenvalue weighted by atomic mass is 10.2. The molecule has 2 rings (SSSR count). The van der Waals surface area contributed by atoms with Crippen LogP contribution in [0, 0.1) is 6.92 Å². The molecule has 0 spiro atoms. The van der Waals surface area contributed by atoms with Crippen LogP contribution in [-0.2, 0) is 10.2 Å². The number of aromatic hydroxyl groups is 1. The number of nitrogens with one attached hydrogen (secondary N) is 1. The molecule has 0 bridgehead atoms. The van der Waals surface area contributed by atoms with Gasteiger partial charge in [-0.1, -0.05) is 6.07 Å². The lowest BCUT2D eigenvalue weighted by Crippen LogP contribution is -2.33. The van der Waals surface area contributed by atoms with E-state index in [1.807, 2.05) is 0 Å². The molecule has 1 aromatic rings. The van der Waals surface area contributed by atoms with Crippen molar-refractivity contribution in [3.05, 3.63) is 23.8 Å². The molecule has 0 amide bonds. The zero-order chi connectivity index (χ0) is 12.5. The predicted octanol–water partition coefficient (Wildman–Crippen LogP) is 1.45. The van der Waals surface area contributed by atoms with Gasteiger partial charge in [0.15, 0.2) is 0 Å². The molecular formula is C11H16N2O3S. The van der Waals surface area contributed by atoms with Crippen LogP contribution in [0.15, 0.2) is 18.2 Å². The zero-order valence-electron chi connectivity index (χ0n) is 9.68. The largest absolute Gasteiger partial charge is 0.508 e. The first-order valence-electron chi connectivity index (χ1n) is 5.57. The number of benzene rings is 1. The summed E-state index contributed by atoms with van der Waals surface area (Å²) in [6.45, 7) is 2.80. The number of hydrogen-bond acceptors (Lipinski definition) is 3. The number of phenols is 1. The first kappa shape index (κ1) is 12.2. The van der Waals surface area contributed by atoms with Gasteiger partial charge in [0.05, 0.1) is 5.69 Å². The van der Waals surface area contributed by atoms with Gasteiger partial charge in [0.2, 0.25) is 0 Å². The summed E-state index contributed by atoms with van der Waals surface area (Å²) in [6.07, 6.45) is 1.81. The minimum Gasteiger partial charge on any atom is -0.508 e. The number of rotatable bonds is 3. The van der Waals surface area contributed by atoms with Crippen molar-refractivity contribution in [1.29, 1.82) is 0 Å². The Morgan fingerprint density at radius 1 is 1.29 bits per heavy atom. The molecule has 0 unspecified atom stereocenters. The molecule has 0 aliphatic carbocycles. The van der Waals surface area contributed by atoms with Gasteiger partial charge in [-0.05, 0) is 31.9 Å². The van der Waals surface area contributed by atoms with Gasteiger partial charge in [-0.25, -0.2) is 0 Å². The van der Waals surface area contributed by atoms with E-state index >= 15 is 0 Å². The molecule has 0 radical (unpaired) electrons. The molecular weight excluding hydrogens is 240 g/mol. The van der Waals surface area contributed by atoms with E-state index in [4.69, 9.17) is 0 Å². The Hall–Kier alpha value is -1.27. The van der Waals surface area contributed by atoms with Gasteiger partial charge in [0.1, 0.15) is 5.75 Å². The third kappa shape index (κ3) is 2.53. The standard InChI is InChI=1S/C11H16N2O3S/c1-9-10(5-4-6-11(9)14)12-17(15,16)13-7-2-3-8-13/h4-6,12,14H,2-3,7-8H2,1H3. The number of nitrogens with zero attached hydrogens (tertiary/aromatic N) is 1. The van der Waals surface area contributed by atoms with Crippen molar-refractivity contribution < 1.29 is 13.5 Å². The molecule has 1 aliphatic rings. The molecule has 94 valence electrons. The van der Waals surface area contributed by atoms with Crippen LogP contribution in [-0.4, -0.2) is 30.9 Å². The average molecular weight is 256 g/mol. The highest BCUT2D eigenvalue weighted by molar-refractivity contribution is 7.90. The summed E-state index contributed by atoms with van der Waals surface area (Å²) in [6, 6.07) is 4.79. The summed E-state index contributed by atoms with van der Waals surface area (Å²) in [5.74, 6) is 0.0895. The Balaban J connectivity index is 2.23. The third-order valence-corrected chi connectivity index (χ3v) is 4.47. The number of phenolic OH excluding ortho intramolecular Hbond substituents is 1. The molecule has 5 nitrogen and oxygen atoms in total. The third-order valence-electron chi connectivity index (χ3n) is 2.95. The average Bonchev–Trinajstić information content (AvgIpc) is 2.78. The Labute approximate surface area is 101 Å². The lowest BCUT2D eigenvalue weighted by molar-refractivity contribution is 0.471. The van der Waals surface area contributed by atoms with Crippen LogP contribution in [0.1, 0.15) is 18.4 Å². The quantitative estimate of drug-likeness (QED) is 0.860. The maximum absolute atomic E-state index is 12.0. The van der Waals surface area contributed by atoms with Crippen LogP contribution in [0.5, 0.6) is 5.75 Å². The molecule has 0 aromatic heterocycles. The highest BCUT2D eigenvalue weighted by Crippen LogP contribution is 2.25. The van der Waals surface area contributed by atoms with Gasteiger partial charge < -0.3 is 5.11 Å². The summed E-state index contributed by atoms with van der Waals surface area (Å²) in [7, 11) is -3.48. The molecule has 0 saturated carbocycles. The van der Waals surface area contributed by atoms with E-state index < -0.39 is 10.2 Å². The maximum atomic E-state index is 12.0. The van der Waals surface area contributed by atoms with Gasteiger partial charge in [-0.2, -0.15) is 12.7 Å². The smallest absolute Gasteiger partial charge is 0.301 e. The predicted molar refractivity (Wildman–Crippen MR) is 66.2 cm³/mol. The fraction of sp³-hybridized carbons (Fsp3) is 0.455. The molecule has 1 aromatic carbocycles. The molecule has 17 heavy (non-hydrogen) atoms. The fourth-order valence-corrected chi connectivity index (χ4v) is 3.23. The van der Waals surface area contributed by atoms with Crippen molar-refractivity contribution in [2.24, 2.45) is 0 Å². The second-order valence-corrected chi connectivity index (χ2v) is 5.83. The van der Waals surface area contributed by atoms with Crippen molar-refractivity contribution in [3.63, 3.8) is 0 Å². The normalized spacial score (nSPS) is 17.2. The second-order valence-electron chi connectivity index (χ2n) is 4.16. The van der Waals surface area contributed by atoms with Crippen molar-refractivity contribution in [2.45, 2.75) is 19.8 Å². The van der Waals surface area contributed by atoms with Crippen LogP contribution in [0.25, 0.3) is 0 Å². The van der Waals surface area contributed by atoms with Crippen molar-refractivity contribution in [3.8, 4) is 5.75 Å². The van der Waals surface area contributed by atoms with Crippen molar-refractivity contribution >= 4 is 15.9 Å². The summed E-state index contributed by atoms with van der Waals surface area (Å²) in [4.78, 5) is 0. The van der Waals surface area contributed by atoms with E-state index in [0.29, 0.717) is 24.3 Å². The van der Waals surface area contributed by atoms with E-state index in [9.17, 15) is 13.5 Å². The first-order chi connectivity index (χ1) is 8.00. The topological polar surface area (TPSA) is 69.6 Å². The first-order valence-corrected chi connectivity index (χ1v) is 7.01. The minimum absolute atomic E-state index is 0.0895. The number of hydrogen-bond donors (Lipinski definition) is 2. The van der Waals surface area contributed by atoms with Gasteiger partial charge in [-0.15, -0.1) is 0 Å². The van der Waals surface area contributed by atoms with Crippen molar-refractivity contribution in [1.82, 2.24) is 4.31 Å². The SMILES string of the molecule is Cc1c(O)cccc1NS(=O)(=O)N1CCCC1. The van der Waals surface area contributed by atoms with Crippen LogP contribution in [0.3, 0.4) is 0 Å². The van der Waals surface area contributed by atoms with Crippen LogP contribution < -0.4 is 4.72 Å². The molecule has 1 saturated heterocycles. The number of anilines is 1. The second kappa shape index (κ2) is 4.54. The minimum atomic E-state index is -3.48. The Kier molecular flexibility index (Phi) is 3.26. The summed E-state index contributed by atoms with van der Waals surface area (Å²) in [5.41, 5.74) is 0.965. The van der Waals surface area contributed by atoms with Crippen LogP contribution >= 0.6 is 0 Å². The van der Waals surface area contributed by atoms with Crippen LogP contribution in [0.4, 0.5) is 5.69 Å². The van der Waals surface area contributed by atoms with Crippen LogP contribution in [0.2, 0.25) is 0 Å². The Morgan fingerprint density at radius 3 is 2.59 bits per heavy atom. The summed E-state index contributed by atoms with van der Waals surface area (Å²) >= 11 is 0. The van der Waals surface area contributed by atoms with E-state index in [0.717, 1.165) is 12.8 Å². The van der Waals surface area contributed by atoms with Gasteiger partial charge >= 0.3 is 10.2 Å². The van der Waals surface area contributed by atoms with E-state index in [2.05, 4.69) is 4.72 Å².